The van der Waals surface area contributed by atoms with Crippen molar-refractivity contribution < 1.29 is 32.9 Å². The van der Waals surface area contributed by atoms with Crippen molar-refractivity contribution in [3.05, 3.63) is 65.5 Å². The molecule has 0 radical (unpaired) electrons. The van der Waals surface area contributed by atoms with Crippen molar-refractivity contribution in [2.45, 2.75) is 13.5 Å². The number of methoxy groups -OCH3 is 1. The van der Waals surface area contributed by atoms with Gasteiger partial charge in [-0.15, -0.1) is 0 Å². The summed E-state index contributed by atoms with van der Waals surface area (Å²) in [4.78, 5) is 18.9. The van der Waals surface area contributed by atoms with Gasteiger partial charge in [0.1, 0.15) is 30.2 Å². The molecule has 0 atom stereocenters. The number of nitrogens with one attached hydrogen (secondary N) is 1. The molecule has 0 saturated heterocycles. The molecule has 2 heterocycles. The van der Waals surface area contributed by atoms with Crippen LogP contribution in [0.5, 0.6) is 5.75 Å². The van der Waals surface area contributed by atoms with Crippen LogP contribution in [0, 0.1) is 0 Å². The summed E-state index contributed by atoms with van der Waals surface area (Å²) in [5.41, 5.74) is 5.62. The fraction of sp³-hybridized carbons (Fsp3) is 0.412. The number of hydrogen-bond donors (Lipinski definition) is 1. The Morgan fingerprint density at radius 1 is 0.932 bits per heavy atom. The van der Waals surface area contributed by atoms with E-state index in [9.17, 15) is 4.79 Å². The third kappa shape index (κ3) is 7.75. The minimum atomic E-state index is -0.350. The molecule has 0 bridgehead atoms. The van der Waals surface area contributed by atoms with Gasteiger partial charge in [0, 0.05) is 42.2 Å². The predicted molar refractivity (Wildman–Crippen MR) is 169 cm³/mol. The average molecular weight is 604 g/mol. The number of anilines is 1. The third-order valence-corrected chi connectivity index (χ3v) is 7.36. The van der Waals surface area contributed by atoms with Crippen LogP contribution in [0.2, 0.25) is 0 Å². The Morgan fingerprint density at radius 2 is 1.70 bits per heavy atom. The van der Waals surface area contributed by atoms with Crippen LogP contribution >= 0.6 is 0 Å². The summed E-state index contributed by atoms with van der Waals surface area (Å²) in [6, 6.07) is 18.5. The first-order valence-corrected chi connectivity index (χ1v) is 15.1. The fourth-order valence-corrected chi connectivity index (χ4v) is 5.31. The summed E-state index contributed by atoms with van der Waals surface area (Å²) in [5.74, 6) is 1.03. The molecule has 44 heavy (non-hydrogen) atoms. The Bertz CT molecular complexity index is 1590. The molecule has 10 nitrogen and oxygen atoms in total. The molecular formula is C34H41N3O7. The van der Waals surface area contributed by atoms with Gasteiger partial charge in [-0.2, -0.15) is 0 Å². The first kappa shape index (κ1) is 31.5. The summed E-state index contributed by atoms with van der Waals surface area (Å²) in [6.45, 7) is 6.98. The van der Waals surface area contributed by atoms with Gasteiger partial charge in [-0.25, -0.2) is 0 Å². The lowest BCUT2D eigenvalue weighted by Gasteiger charge is -2.26. The zero-order valence-electron chi connectivity index (χ0n) is 25.7. The van der Waals surface area contributed by atoms with E-state index in [-0.39, 0.29) is 12.5 Å². The normalized spacial score (nSPS) is 15.8. The number of benzene rings is 3. The molecular weight excluding hydrogens is 562 g/mol. The molecule has 234 valence electrons. The molecule has 0 amide bonds. The second kappa shape index (κ2) is 15.7. The largest absolute Gasteiger partial charge is 0.489 e. The highest BCUT2D eigenvalue weighted by molar-refractivity contribution is 6.02. The molecule has 10 heteroatoms. The average Bonchev–Trinajstić information content (AvgIpc) is 3.04. The molecule has 1 N–H and O–H groups in total. The minimum Gasteiger partial charge on any atom is -0.489 e. The predicted octanol–water partition coefficient (Wildman–Crippen LogP) is 4.27. The molecule has 2 aromatic rings. The van der Waals surface area contributed by atoms with Crippen molar-refractivity contribution >= 4 is 22.6 Å². The number of carbonyl (C=O) groups is 1. The van der Waals surface area contributed by atoms with Crippen LogP contribution in [0.25, 0.3) is 33.4 Å². The lowest BCUT2D eigenvalue weighted by atomic mass is 9.92. The maximum absolute atomic E-state index is 12.4. The first-order valence-electron chi connectivity index (χ1n) is 15.1. The van der Waals surface area contributed by atoms with Gasteiger partial charge in [0.05, 0.1) is 57.8 Å². The van der Waals surface area contributed by atoms with Crippen molar-refractivity contribution in [3.8, 4) is 28.2 Å². The van der Waals surface area contributed by atoms with Crippen LogP contribution in [-0.2, 0) is 30.3 Å². The maximum atomic E-state index is 12.4. The number of hydrogen-bond acceptors (Lipinski definition) is 10. The monoisotopic (exact) mass is 603 g/mol. The molecule has 0 fully saturated rings. The van der Waals surface area contributed by atoms with Crippen LogP contribution in [0.15, 0.2) is 64.0 Å². The quantitative estimate of drug-likeness (QED) is 0.256. The van der Waals surface area contributed by atoms with Crippen LogP contribution in [0.3, 0.4) is 0 Å². The standard InChI is InChI=1S/C34H41N3O7/c1-4-36-26-7-9-28-31(21-26)44-30-19-24(22-35-2)5-8-27(30)34(28)25-6-10-29-32(20-25)43-18-17-42-16-15-41-14-13-40-12-11-37(29)23-33(38)39-3/h5-10,19-21,35H,4,11-18,22-23H2,1-3H3/b36-26+. The molecule has 5 rings (SSSR count). The summed E-state index contributed by atoms with van der Waals surface area (Å²) >= 11 is 0. The van der Waals surface area contributed by atoms with Gasteiger partial charge >= 0.3 is 5.97 Å². The number of rotatable bonds is 6. The first-order chi connectivity index (χ1) is 21.6. The van der Waals surface area contributed by atoms with Crippen molar-refractivity contribution in [3.63, 3.8) is 0 Å². The Morgan fingerprint density at radius 3 is 2.45 bits per heavy atom. The lowest BCUT2D eigenvalue weighted by molar-refractivity contribution is -0.139. The Balaban J connectivity index is 1.64. The summed E-state index contributed by atoms with van der Waals surface area (Å²) in [6.07, 6.45) is 0. The number of esters is 1. The summed E-state index contributed by atoms with van der Waals surface area (Å²) in [5, 5.41) is 5.07. The smallest absolute Gasteiger partial charge is 0.325 e. The topological polar surface area (TPSA) is 104 Å². The number of fused-ring (bicyclic) bond motifs is 3. The lowest BCUT2D eigenvalue weighted by Crippen LogP contribution is -2.34. The highest BCUT2D eigenvalue weighted by atomic mass is 16.6. The van der Waals surface area contributed by atoms with E-state index in [1.807, 2.05) is 43.1 Å². The highest BCUT2D eigenvalue weighted by Crippen LogP contribution is 2.43. The van der Waals surface area contributed by atoms with Crippen molar-refractivity contribution in [2.24, 2.45) is 4.99 Å². The van der Waals surface area contributed by atoms with E-state index in [0.29, 0.717) is 65.1 Å². The van der Waals surface area contributed by atoms with Crippen LogP contribution in [0.4, 0.5) is 5.69 Å². The highest BCUT2D eigenvalue weighted by Gasteiger charge is 2.22. The van der Waals surface area contributed by atoms with Gasteiger partial charge in [0.2, 0.25) is 0 Å². The number of ether oxygens (including phenoxy) is 5. The van der Waals surface area contributed by atoms with Crippen LogP contribution in [0.1, 0.15) is 12.5 Å². The Kier molecular flexibility index (Phi) is 11.2. The van der Waals surface area contributed by atoms with Gasteiger partial charge in [-0.3, -0.25) is 9.79 Å². The van der Waals surface area contributed by atoms with E-state index < -0.39 is 0 Å². The van der Waals surface area contributed by atoms with E-state index in [1.54, 1.807) is 0 Å². The number of carbonyl (C=O) groups excluding carboxylic acids is 1. The fourth-order valence-electron chi connectivity index (χ4n) is 5.31. The molecule has 0 aromatic heterocycles. The van der Waals surface area contributed by atoms with Crippen LogP contribution in [-0.4, -0.2) is 86.0 Å². The molecule has 2 aliphatic heterocycles. The van der Waals surface area contributed by atoms with Crippen molar-refractivity contribution in [1.29, 1.82) is 0 Å². The minimum absolute atomic E-state index is 0.0522. The van der Waals surface area contributed by atoms with Gasteiger partial charge in [-0.1, -0.05) is 18.2 Å². The summed E-state index contributed by atoms with van der Waals surface area (Å²) < 4.78 is 34.9. The molecule has 0 spiro atoms. The summed E-state index contributed by atoms with van der Waals surface area (Å²) in [7, 11) is 3.32. The van der Waals surface area contributed by atoms with Gasteiger partial charge in [0.25, 0.3) is 0 Å². The van der Waals surface area contributed by atoms with Gasteiger partial charge < -0.3 is 38.3 Å². The van der Waals surface area contributed by atoms with E-state index in [2.05, 4.69) is 40.6 Å². The zero-order chi connectivity index (χ0) is 30.7. The Hall–Kier alpha value is -3.96. The second-order valence-electron chi connectivity index (χ2n) is 10.4. The van der Waals surface area contributed by atoms with E-state index in [4.69, 9.17) is 28.1 Å². The van der Waals surface area contributed by atoms with Crippen LogP contribution < -0.4 is 20.3 Å². The van der Waals surface area contributed by atoms with Crippen molar-refractivity contribution in [1.82, 2.24) is 5.32 Å². The molecule has 1 aliphatic carbocycles. The van der Waals surface area contributed by atoms with E-state index >= 15 is 0 Å². The molecule has 2 aromatic carbocycles. The SMILES string of the molecule is CC/N=c1\ccc2c(-c3ccc4c(c3)OCCOCCOCCOCCN4CC(=O)OC)c3ccc(CNC)cc3oc-2c1. The van der Waals surface area contributed by atoms with E-state index in [0.717, 1.165) is 56.6 Å². The van der Waals surface area contributed by atoms with Crippen molar-refractivity contribution in [2.75, 3.05) is 84.9 Å². The molecule has 0 saturated carbocycles. The molecule has 3 aliphatic rings. The second-order valence-corrected chi connectivity index (χ2v) is 10.4. The third-order valence-electron chi connectivity index (χ3n) is 7.36. The zero-order valence-corrected chi connectivity index (χ0v) is 25.7. The maximum Gasteiger partial charge on any atom is 0.325 e. The van der Waals surface area contributed by atoms with Gasteiger partial charge in [-0.05, 0) is 55.4 Å². The molecule has 0 unspecified atom stereocenters. The Labute approximate surface area is 257 Å². The van der Waals surface area contributed by atoms with Gasteiger partial charge in [0.15, 0.2) is 0 Å². The number of nitrogens with zero attached hydrogens (tertiary/aromatic N) is 2. The van der Waals surface area contributed by atoms with E-state index in [1.165, 1.54) is 7.11 Å².